The quantitative estimate of drug-likeness (QED) is 0.709. The molecule has 6 heteroatoms. The van der Waals surface area contributed by atoms with Crippen LogP contribution in [0.25, 0.3) is 5.65 Å². The van der Waals surface area contributed by atoms with Gasteiger partial charge in [-0.15, -0.1) is 12.6 Å². The zero-order valence-electron chi connectivity index (χ0n) is 10.8. The Morgan fingerprint density at radius 2 is 2.05 bits per heavy atom. The minimum absolute atomic E-state index is 0.699. The van der Waals surface area contributed by atoms with Crippen LogP contribution < -0.4 is 5.32 Å². The van der Waals surface area contributed by atoms with Gasteiger partial charge in [-0.3, -0.25) is 4.40 Å². The molecule has 0 unspecified atom stereocenters. The number of nitrogens with one attached hydrogen (secondary N) is 1. The molecule has 0 atom stereocenters. The van der Waals surface area contributed by atoms with Crippen LogP contribution in [0.15, 0.2) is 46.2 Å². The minimum Gasteiger partial charge on any atom is -0.363 e. The van der Waals surface area contributed by atoms with Gasteiger partial charge in [0.1, 0.15) is 4.60 Å². The van der Waals surface area contributed by atoms with Crippen molar-refractivity contribution in [3.63, 3.8) is 0 Å². The van der Waals surface area contributed by atoms with Gasteiger partial charge < -0.3 is 5.32 Å². The van der Waals surface area contributed by atoms with Gasteiger partial charge in [0, 0.05) is 17.6 Å². The van der Waals surface area contributed by atoms with Crippen LogP contribution >= 0.6 is 28.6 Å². The maximum absolute atomic E-state index is 4.52. The van der Waals surface area contributed by atoms with Gasteiger partial charge in [-0.05, 0) is 40.5 Å². The van der Waals surface area contributed by atoms with E-state index in [9.17, 15) is 0 Å². The summed E-state index contributed by atoms with van der Waals surface area (Å²) < 4.78 is 2.89. The molecule has 1 N–H and O–H groups in total. The molecule has 3 rings (SSSR count). The first kappa shape index (κ1) is 13.5. The lowest BCUT2D eigenvalue weighted by Crippen LogP contribution is -2.05. The summed E-state index contributed by atoms with van der Waals surface area (Å²) in [7, 11) is 0. The second-order valence-corrected chi connectivity index (χ2v) is 5.85. The van der Waals surface area contributed by atoms with Crippen LogP contribution in [0.1, 0.15) is 11.3 Å². The lowest BCUT2D eigenvalue weighted by molar-refractivity contribution is 1.02. The molecule has 0 radical (unpaired) electrons. The summed E-state index contributed by atoms with van der Waals surface area (Å²) in [5.41, 5.74) is 2.92. The van der Waals surface area contributed by atoms with E-state index in [0.29, 0.717) is 6.54 Å². The highest BCUT2D eigenvalue weighted by atomic mass is 79.9. The van der Waals surface area contributed by atoms with Crippen molar-refractivity contribution in [1.29, 1.82) is 0 Å². The van der Waals surface area contributed by atoms with E-state index in [0.717, 1.165) is 26.7 Å². The Morgan fingerprint density at radius 3 is 2.80 bits per heavy atom. The van der Waals surface area contributed by atoms with Crippen molar-refractivity contribution in [3.8, 4) is 0 Å². The number of hydrogen-bond acceptors (Lipinski definition) is 4. The first-order valence-corrected chi connectivity index (χ1v) is 7.39. The number of hydrogen-bond donors (Lipinski definition) is 2. The monoisotopic (exact) mass is 348 g/mol. The number of imidazole rings is 1. The smallest absolute Gasteiger partial charge is 0.181 e. The molecular formula is C14H13BrN4S. The number of benzene rings is 1. The van der Waals surface area contributed by atoms with Crippen molar-refractivity contribution in [2.75, 3.05) is 5.32 Å². The summed E-state index contributed by atoms with van der Waals surface area (Å²) in [6.45, 7) is 2.66. The molecule has 0 fully saturated rings. The zero-order chi connectivity index (χ0) is 14.1. The van der Waals surface area contributed by atoms with Gasteiger partial charge in [0.05, 0.1) is 11.9 Å². The van der Waals surface area contributed by atoms with Crippen molar-refractivity contribution in [2.24, 2.45) is 0 Å². The average molecular weight is 349 g/mol. The van der Waals surface area contributed by atoms with Crippen molar-refractivity contribution >= 4 is 40.0 Å². The van der Waals surface area contributed by atoms with Crippen LogP contribution in [0.3, 0.4) is 0 Å². The third-order valence-corrected chi connectivity index (χ3v) is 3.85. The maximum Gasteiger partial charge on any atom is 0.181 e. The molecule has 4 nitrogen and oxygen atoms in total. The second kappa shape index (κ2) is 5.46. The molecule has 0 saturated carbocycles. The molecule has 0 aliphatic heterocycles. The normalized spacial score (nSPS) is 10.9. The van der Waals surface area contributed by atoms with Crippen LogP contribution in [0.5, 0.6) is 0 Å². The average Bonchev–Trinajstić information content (AvgIpc) is 2.80. The highest BCUT2D eigenvalue weighted by molar-refractivity contribution is 9.10. The van der Waals surface area contributed by atoms with Crippen molar-refractivity contribution < 1.29 is 0 Å². The Morgan fingerprint density at radius 1 is 1.30 bits per heavy atom. The minimum atomic E-state index is 0.699. The van der Waals surface area contributed by atoms with Gasteiger partial charge in [-0.25, -0.2) is 9.97 Å². The van der Waals surface area contributed by atoms with Crippen LogP contribution in [0.4, 0.5) is 5.82 Å². The highest BCUT2D eigenvalue weighted by Crippen LogP contribution is 2.20. The van der Waals surface area contributed by atoms with E-state index < -0.39 is 0 Å². The molecule has 2 aromatic heterocycles. The van der Waals surface area contributed by atoms with Gasteiger partial charge in [0.25, 0.3) is 0 Å². The van der Waals surface area contributed by atoms with E-state index in [2.05, 4.69) is 43.8 Å². The van der Waals surface area contributed by atoms with E-state index in [4.69, 9.17) is 0 Å². The predicted octanol–water partition coefficient (Wildman–Crippen LogP) is 3.70. The van der Waals surface area contributed by atoms with Gasteiger partial charge >= 0.3 is 0 Å². The molecule has 0 aliphatic rings. The van der Waals surface area contributed by atoms with Gasteiger partial charge in [0.15, 0.2) is 11.5 Å². The summed E-state index contributed by atoms with van der Waals surface area (Å²) in [6.07, 6.45) is 3.73. The highest BCUT2D eigenvalue weighted by Gasteiger charge is 2.08. The lowest BCUT2D eigenvalue weighted by Gasteiger charge is -2.08. The summed E-state index contributed by atoms with van der Waals surface area (Å²) in [6, 6.07) is 8.05. The lowest BCUT2D eigenvalue weighted by atomic mass is 10.2. The SMILES string of the molecule is Cc1cn2c(Br)cnc2c(NCc2ccc(S)cc2)n1. The summed E-state index contributed by atoms with van der Waals surface area (Å²) in [5.74, 6) is 0.783. The number of nitrogens with zero attached hydrogens (tertiary/aromatic N) is 3. The number of thiol groups is 1. The van der Waals surface area contributed by atoms with E-state index in [1.165, 1.54) is 5.56 Å². The van der Waals surface area contributed by atoms with E-state index in [1.54, 1.807) is 6.20 Å². The molecule has 1 aromatic carbocycles. The number of anilines is 1. The molecule has 3 aromatic rings. The Bertz CT molecular complexity index is 752. The molecular weight excluding hydrogens is 336 g/mol. The Hall–Kier alpha value is -1.53. The summed E-state index contributed by atoms with van der Waals surface area (Å²) in [5, 5.41) is 3.34. The van der Waals surface area contributed by atoms with E-state index in [1.807, 2.05) is 41.8 Å². The number of halogens is 1. The van der Waals surface area contributed by atoms with Crippen LogP contribution in [-0.2, 0) is 6.54 Å². The third kappa shape index (κ3) is 2.66. The van der Waals surface area contributed by atoms with Crippen LogP contribution in [0.2, 0.25) is 0 Å². The van der Waals surface area contributed by atoms with Crippen LogP contribution in [-0.4, -0.2) is 14.4 Å². The molecule has 0 amide bonds. The van der Waals surface area contributed by atoms with Crippen molar-refractivity contribution in [2.45, 2.75) is 18.4 Å². The summed E-state index contributed by atoms with van der Waals surface area (Å²) >= 11 is 7.76. The Balaban J connectivity index is 1.89. The molecule has 102 valence electrons. The number of fused-ring (bicyclic) bond motifs is 1. The van der Waals surface area contributed by atoms with Gasteiger partial charge in [0.2, 0.25) is 0 Å². The fraction of sp³-hybridized carbons (Fsp3) is 0.143. The first-order chi connectivity index (χ1) is 9.63. The zero-order valence-corrected chi connectivity index (χ0v) is 13.3. The second-order valence-electron chi connectivity index (χ2n) is 4.53. The Kier molecular flexibility index (Phi) is 3.67. The first-order valence-electron chi connectivity index (χ1n) is 6.15. The molecule has 0 saturated heterocycles. The fourth-order valence-electron chi connectivity index (χ4n) is 2.00. The molecule has 0 spiro atoms. The summed E-state index contributed by atoms with van der Waals surface area (Å²) in [4.78, 5) is 9.84. The Labute approximate surface area is 130 Å². The third-order valence-electron chi connectivity index (χ3n) is 2.96. The number of aromatic nitrogens is 3. The van der Waals surface area contributed by atoms with Crippen molar-refractivity contribution in [3.05, 3.63) is 52.5 Å². The van der Waals surface area contributed by atoms with Crippen LogP contribution in [0, 0.1) is 6.92 Å². The maximum atomic E-state index is 4.52. The molecule has 2 heterocycles. The molecule has 0 aliphatic carbocycles. The molecule has 20 heavy (non-hydrogen) atoms. The number of rotatable bonds is 3. The van der Waals surface area contributed by atoms with E-state index in [-0.39, 0.29) is 0 Å². The van der Waals surface area contributed by atoms with Crippen molar-refractivity contribution in [1.82, 2.24) is 14.4 Å². The number of aryl methyl sites for hydroxylation is 1. The molecule has 0 bridgehead atoms. The predicted molar refractivity (Wildman–Crippen MR) is 86.4 cm³/mol. The fourth-order valence-corrected chi connectivity index (χ4v) is 2.52. The van der Waals surface area contributed by atoms with E-state index >= 15 is 0 Å². The standard InChI is InChI=1S/C14H13BrN4S/c1-9-8-19-12(15)7-17-14(19)13(18-9)16-6-10-2-4-11(20)5-3-10/h2-5,7-8,20H,6H2,1H3,(H,16,18). The largest absolute Gasteiger partial charge is 0.363 e. The topological polar surface area (TPSA) is 42.2 Å². The van der Waals surface area contributed by atoms with Gasteiger partial charge in [-0.1, -0.05) is 12.1 Å². The van der Waals surface area contributed by atoms with Gasteiger partial charge in [-0.2, -0.15) is 0 Å².